The number of phenolic OH excluding ortho intramolecular Hbond substituents is 2. The summed E-state index contributed by atoms with van der Waals surface area (Å²) in [6.45, 7) is 8.98. The molecule has 2 rings (SSSR count). The number of benzene rings is 2. The minimum atomic E-state index is -0.420. The third kappa shape index (κ3) is 3.52. The molecule has 0 amide bonds. The fourth-order valence-electron chi connectivity index (χ4n) is 2.75. The van der Waals surface area contributed by atoms with E-state index >= 15 is 0 Å². The summed E-state index contributed by atoms with van der Waals surface area (Å²) < 4.78 is 11.4. The van der Waals surface area contributed by atoms with Gasteiger partial charge in [-0.2, -0.15) is 0 Å². The van der Waals surface area contributed by atoms with Crippen LogP contribution < -0.4 is 9.47 Å². The molecule has 2 aromatic rings. The standard InChI is InChI=1S/C19H24O4/c1-5-22-17-11-13(20)7-9-15(17)19(3,4)16-10-8-14(21)12-18(16)23-6-2/h7-12,20-21H,5-6H2,1-4H3. The molecule has 2 aromatic carbocycles. The molecule has 0 radical (unpaired) electrons. The summed E-state index contributed by atoms with van der Waals surface area (Å²) in [5.74, 6) is 1.63. The monoisotopic (exact) mass is 316 g/mol. The first kappa shape index (κ1) is 17.0. The molecule has 0 fully saturated rings. The predicted octanol–water partition coefficient (Wildman–Crippen LogP) is 4.22. The van der Waals surface area contributed by atoms with Gasteiger partial charge in [-0.15, -0.1) is 0 Å². The molecule has 0 aliphatic carbocycles. The van der Waals surface area contributed by atoms with Crippen molar-refractivity contribution >= 4 is 0 Å². The Morgan fingerprint density at radius 3 is 1.52 bits per heavy atom. The van der Waals surface area contributed by atoms with Crippen LogP contribution in [-0.2, 0) is 5.41 Å². The highest BCUT2D eigenvalue weighted by atomic mass is 16.5. The van der Waals surface area contributed by atoms with Crippen LogP contribution in [0, 0.1) is 0 Å². The maximum atomic E-state index is 9.74. The molecule has 0 saturated carbocycles. The third-order valence-corrected chi connectivity index (χ3v) is 3.88. The van der Waals surface area contributed by atoms with Crippen molar-refractivity contribution in [3.05, 3.63) is 47.5 Å². The highest BCUT2D eigenvalue weighted by Crippen LogP contribution is 2.43. The average Bonchev–Trinajstić information content (AvgIpc) is 2.47. The van der Waals surface area contributed by atoms with Gasteiger partial charge in [-0.25, -0.2) is 0 Å². The molecule has 0 aliphatic heterocycles. The van der Waals surface area contributed by atoms with Gasteiger partial charge in [0.2, 0.25) is 0 Å². The van der Waals surface area contributed by atoms with E-state index < -0.39 is 5.41 Å². The molecule has 4 nitrogen and oxygen atoms in total. The van der Waals surface area contributed by atoms with Gasteiger partial charge < -0.3 is 19.7 Å². The molecular weight excluding hydrogens is 292 g/mol. The van der Waals surface area contributed by atoms with Crippen molar-refractivity contribution in [1.82, 2.24) is 0 Å². The topological polar surface area (TPSA) is 58.9 Å². The highest BCUT2D eigenvalue weighted by molar-refractivity contribution is 5.54. The van der Waals surface area contributed by atoms with E-state index in [1.165, 1.54) is 0 Å². The van der Waals surface area contributed by atoms with Crippen molar-refractivity contribution < 1.29 is 19.7 Å². The third-order valence-electron chi connectivity index (χ3n) is 3.88. The number of aromatic hydroxyl groups is 2. The quantitative estimate of drug-likeness (QED) is 0.837. The Morgan fingerprint density at radius 1 is 0.783 bits per heavy atom. The van der Waals surface area contributed by atoms with Crippen LogP contribution in [0.15, 0.2) is 36.4 Å². The number of hydrogen-bond donors (Lipinski definition) is 2. The Morgan fingerprint density at radius 2 is 1.17 bits per heavy atom. The molecule has 23 heavy (non-hydrogen) atoms. The molecule has 0 unspecified atom stereocenters. The number of rotatable bonds is 6. The molecule has 2 N–H and O–H groups in total. The van der Waals surface area contributed by atoms with Gasteiger partial charge in [-0.05, 0) is 26.0 Å². The first-order chi connectivity index (χ1) is 10.9. The minimum Gasteiger partial charge on any atom is -0.508 e. The van der Waals surface area contributed by atoms with Crippen LogP contribution in [0.5, 0.6) is 23.0 Å². The second kappa shape index (κ2) is 6.82. The number of ether oxygens (including phenoxy) is 2. The van der Waals surface area contributed by atoms with Crippen molar-refractivity contribution in [2.24, 2.45) is 0 Å². The zero-order valence-corrected chi connectivity index (χ0v) is 14.1. The first-order valence-corrected chi connectivity index (χ1v) is 7.82. The van der Waals surface area contributed by atoms with Crippen molar-refractivity contribution in [2.45, 2.75) is 33.1 Å². The summed E-state index contributed by atoms with van der Waals surface area (Å²) >= 11 is 0. The van der Waals surface area contributed by atoms with E-state index in [1.807, 2.05) is 26.0 Å². The molecule has 0 heterocycles. The maximum absolute atomic E-state index is 9.74. The molecule has 0 bridgehead atoms. The normalized spacial score (nSPS) is 11.3. The summed E-state index contributed by atoms with van der Waals surface area (Å²) in [6, 6.07) is 10.3. The lowest BCUT2D eigenvalue weighted by Crippen LogP contribution is -2.21. The molecule has 124 valence electrons. The smallest absolute Gasteiger partial charge is 0.127 e. The zero-order valence-electron chi connectivity index (χ0n) is 14.1. The Labute approximate surface area is 137 Å². The lowest BCUT2D eigenvalue weighted by molar-refractivity contribution is 0.320. The molecule has 0 aliphatic rings. The van der Waals surface area contributed by atoms with E-state index in [9.17, 15) is 10.2 Å². The van der Waals surface area contributed by atoms with Crippen LogP contribution in [0.4, 0.5) is 0 Å². The molecule has 0 atom stereocenters. The fourth-order valence-corrected chi connectivity index (χ4v) is 2.75. The summed E-state index contributed by atoms with van der Waals surface area (Å²) in [4.78, 5) is 0. The van der Waals surface area contributed by atoms with Gasteiger partial charge in [-0.1, -0.05) is 26.0 Å². The van der Waals surface area contributed by atoms with E-state index in [0.717, 1.165) is 11.1 Å². The van der Waals surface area contributed by atoms with E-state index in [4.69, 9.17) is 9.47 Å². The SMILES string of the molecule is CCOc1cc(O)ccc1C(C)(C)c1ccc(O)cc1OCC. The van der Waals surface area contributed by atoms with Crippen LogP contribution in [0.1, 0.15) is 38.8 Å². The van der Waals surface area contributed by atoms with E-state index in [1.54, 1.807) is 24.3 Å². The van der Waals surface area contributed by atoms with Crippen LogP contribution in [0.2, 0.25) is 0 Å². The number of hydrogen-bond acceptors (Lipinski definition) is 4. The van der Waals surface area contributed by atoms with Crippen molar-refractivity contribution in [2.75, 3.05) is 13.2 Å². The lowest BCUT2D eigenvalue weighted by atomic mass is 9.77. The Hall–Kier alpha value is -2.36. The van der Waals surface area contributed by atoms with Gasteiger partial charge in [0.25, 0.3) is 0 Å². The highest BCUT2D eigenvalue weighted by Gasteiger charge is 2.30. The van der Waals surface area contributed by atoms with Crippen LogP contribution >= 0.6 is 0 Å². The second-order valence-corrected chi connectivity index (χ2v) is 5.85. The van der Waals surface area contributed by atoms with Gasteiger partial charge in [0.05, 0.1) is 13.2 Å². The van der Waals surface area contributed by atoms with Gasteiger partial charge in [-0.3, -0.25) is 0 Å². The lowest BCUT2D eigenvalue weighted by Gasteiger charge is -2.30. The molecule has 4 heteroatoms. The van der Waals surface area contributed by atoms with Gasteiger partial charge in [0.1, 0.15) is 23.0 Å². The molecular formula is C19H24O4. The average molecular weight is 316 g/mol. The predicted molar refractivity (Wildman–Crippen MR) is 90.7 cm³/mol. The van der Waals surface area contributed by atoms with Crippen molar-refractivity contribution in [1.29, 1.82) is 0 Å². The summed E-state index contributed by atoms with van der Waals surface area (Å²) in [7, 11) is 0. The second-order valence-electron chi connectivity index (χ2n) is 5.85. The summed E-state index contributed by atoms with van der Waals surface area (Å²) in [5, 5.41) is 19.5. The van der Waals surface area contributed by atoms with Crippen LogP contribution in [0.3, 0.4) is 0 Å². The van der Waals surface area contributed by atoms with E-state index in [-0.39, 0.29) is 11.5 Å². The summed E-state index contributed by atoms with van der Waals surface area (Å²) in [5.41, 5.74) is 1.48. The van der Waals surface area contributed by atoms with Gasteiger partial charge >= 0.3 is 0 Å². The minimum absolute atomic E-state index is 0.170. The largest absolute Gasteiger partial charge is 0.508 e. The van der Waals surface area contributed by atoms with Crippen LogP contribution in [-0.4, -0.2) is 23.4 Å². The molecule has 0 aromatic heterocycles. The van der Waals surface area contributed by atoms with Crippen molar-refractivity contribution in [3.63, 3.8) is 0 Å². The maximum Gasteiger partial charge on any atom is 0.127 e. The Balaban J connectivity index is 2.58. The zero-order chi connectivity index (χ0) is 17.0. The van der Waals surface area contributed by atoms with E-state index in [2.05, 4.69) is 13.8 Å². The molecule has 0 spiro atoms. The Kier molecular flexibility index (Phi) is 5.04. The Bertz CT molecular complexity index is 620. The van der Waals surface area contributed by atoms with E-state index in [0.29, 0.717) is 24.7 Å². The number of phenols is 2. The summed E-state index contributed by atoms with van der Waals surface area (Å²) in [6.07, 6.45) is 0. The van der Waals surface area contributed by atoms with Gasteiger partial charge in [0.15, 0.2) is 0 Å². The fraction of sp³-hybridized carbons (Fsp3) is 0.368. The molecule has 0 saturated heterocycles. The van der Waals surface area contributed by atoms with Crippen molar-refractivity contribution in [3.8, 4) is 23.0 Å². The van der Waals surface area contributed by atoms with Gasteiger partial charge in [0, 0.05) is 28.7 Å². The van der Waals surface area contributed by atoms with Crippen LogP contribution in [0.25, 0.3) is 0 Å². The first-order valence-electron chi connectivity index (χ1n) is 7.82.